The van der Waals surface area contributed by atoms with Crippen LogP contribution in [-0.2, 0) is 6.54 Å². The molecule has 0 spiro atoms. The predicted molar refractivity (Wildman–Crippen MR) is 96.2 cm³/mol. The van der Waals surface area contributed by atoms with E-state index in [1.165, 1.54) is 0 Å². The lowest BCUT2D eigenvalue weighted by molar-refractivity contribution is 0.0948. The Morgan fingerprint density at radius 3 is 2.48 bits per heavy atom. The van der Waals surface area contributed by atoms with Gasteiger partial charge in [0.05, 0.1) is 11.7 Å². The van der Waals surface area contributed by atoms with Gasteiger partial charge in [-0.25, -0.2) is 0 Å². The minimum absolute atomic E-state index is 0.0379. The number of ether oxygens (including phenoxy) is 1. The van der Waals surface area contributed by atoms with E-state index in [-0.39, 0.29) is 12.0 Å². The van der Waals surface area contributed by atoms with Gasteiger partial charge in [0.25, 0.3) is 5.91 Å². The number of hydrogen-bond donors (Lipinski definition) is 1. The Morgan fingerprint density at radius 1 is 1.13 bits per heavy atom. The zero-order valence-corrected chi connectivity index (χ0v) is 14.7. The molecule has 0 fully saturated rings. The molecule has 4 heteroatoms. The van der Waals surface area contributed by atoms with Gasteiger partial charge >= 0.3 is 0 Å². The molecular weight excluding hydrogens is 306 g/mol. The number of nitrogens with one attached hydrogen (secondary N) is 1. The van der Waals surface area contributed by atoms with Crippen LogP contribution >= 0.6 is 11.8 Å². The molecule has 0 unspecified atom stereocenters. The Bertz CT molecular complexity index is 638. The average Bonchev–Trinajstić information content (AvgIpc) is 2.54. The molecule has 0 radical (unpaired) electrons. The van der Waals surface area contributed by atoms with Crippen molar-refractivity contribution in [2.24, 2.45) is 0 Å². The fourth-order valence-electron chi connectivity index (χ4n) is 2.17. The van der Waals surface area contributed by atoms with Crippen molar-refractivity contribution in [2.45, 2.75) is 38.3 Å². The number of hydrogen-bond acceptors (Lipinski definition) is 3. The van der Waals surface area contributed by atoms with E-state index < -0.39 is 0 Å². The fourth-order valence-corrected chi connectivity index (χ4v) is 2.97. The lowest BCUT2D eigenvalue weighted by Crippen LogP contribution is -2.23. The quantitative estimate of drug-likeness (QED) is 0.759. The van der Waals surface area contributed by atoms with E-state index in [1.54, 1.807) is 11.8 Å². The Labute approximate surface area is 142 Å². The zero-order valence-electron chi connectivity index (χ0n) is 13.8. The van der Waals surface area contributed by atoms with Gasteiger partial charge in [0.1, 0.15) is 5.75 Å². The SMILES string of the molecule is CCSc1ccccc1C(=O)NCc1ccc(OC(C)C)cc1. The molecule has 2 rings (SSSR count). The number of amides is 1. The van der Waals surface area contributed by atoms with E-state index in [0.717, 1.165) is 27.5 Å². The van der Waals surface area contributed by atoms with Crippen molar-refractivity contribution in [1.29, 1.82) is 0 Å². The molecular formula is C19H23NO2S. The van der Waals surface area contributed by atoms with Crippen LogP contribution < -0.4 is 10.1 Å². The van der Waals surface area contributed by atoms with E-state index in [9.17, 15) is 4.79 Å². The van der Waals surface area contributed by atoms with Crippen molar-refractivity contribution >= 4 is 17.7 Å². The molecule has 0 saturated heterocycles. The molecule has 0 aliphatic rings. The van der Waals surface area contributed by atoms with Crippen molar-refractivity contribution < 1.29 is 9.53 Å². The molecule has 1 amide bonds. The summed E-state index contributed by atoms with van der Waals surface area (Å²) in [6.07, 6.45) is 0.160. The van der Waals surface area contributed by atoms with Crippen molar-refractivity contribution in [3.05, 3.63) is 59.7 Å². The molecule has 122 valence electrons. The van der Waals surface area contributed by atoms with Crippen LogP contribution in [-0.4, -0.2) is 17.8 Å². The zero-order chi connectivity index (χ0) is 16.7. The highest BCUT2D eigenvalue weighted by Crippen LogP contribution is 2.22. The van der Waals surface area contributed by atoms with Crippen molar-refractivity contribution in [3.8, 4) is 5.75 Å². The van der Waals surface area contributed by atoms with Crippen LogP contribution in [0.25, 0.3) is 0 Å². The first kappa shape index (κ1) is 17.4. The van der Waals surface area contributed by atoms with Gasteiger partial charge in [0.2, 0.25) is 0 Å². The lowest BCUT2D eigenvalue weighted by atomic mass is 10.2. The lowest BCUT2D eigenvalue weighted by Gasteiger charge is -2.11. The van der Waals surface area contributed by atoms with Gasteiger partial charge < -0.3 is 10.1 Å². The van der Waals surface area contributed by atoms with Crippen molar-refractivity contribution in [3.63, 3.8) is 0 Å². The predicted octanol–water partition coefficient (Wildman–Crippen LogP) is 4.52. The highest BCUT2D eigenvalue weighted by molar-refractivity contribution is 7.99. The first-order valence-corrected chi connectivity index (χ1v) is 8.84. The van der Waals surface area contributed by atoms with Gasteiger partial charge in [0.15, 0.2) is 0 Å². The third-order valence-electron chi connectivity index (χ3n) is 3.18. The smallest absolute Gasteiger partial charge is 0.252 e. The summed E-state index contributed by atoms with van der Waals surface area (Å²) in [6.45, 7) is 6.59. The van der Waals surface area contributed by atoms with Crippen LogP contribution in [0.1, 0.15) is 36.7 Å². The highest BCUT2D eigenvalue weighted by atomic mass is 32.2. The Balaban J connectivity index is 1.96. The van der Waals surface area contributed by atoms with E-state index in [0.29, 0.717) is 6.54 Å². The van der Waals surface area contributed by atoms with Crippen LogP contribution in [0.4, 0.5) is 0 Å². The maximum absolute atomic E-state index is 12.4. The number of benzene rings is 2. The van der Waals surface area contributed by atoms with Crippen LogP contribution in [0.15, 0.2) is 53.4 Å². The summed E-state index contributed by atoms with van der Waals surface area (Å²) in [5, 5.41) is 2.98. The fraction of sp³-hybridized carbons (Fsp3) is 0.316. The molecule has 1 N–H and O–H groups in total. The second-order valence-corrected chi connectivity index (χ2v) is 6.73. The minimum atomic E-state index is -0.0379. The third kappa shape index (κ3) is 5.32. The van der Waals surface area contributed by atoms with Gasteiger partial charge in [-0.05, 0) is 49.4 Å². The Morgan fingerprint density at radius 2 is 1.83 bits per heavy atom. The molecule has 0 aliphatic heterocycles. The number of rotatable bonds is 7. The molecule has 0 aliphatic carbocycles. The van der Waals surface area contributed by atoms with Gasteiger partial charge in [-0.2, -0.15) is 0 Å². The molecule has 0 saturated carbocycles. The van der Waals surface area contributed by atoms with Crippen molar-refractivity contribution in [1.82, 2.24) is 5.32 Å². The topological polar surface area (TPSA) is 38.3 Å². The monoisotopic (exact) mass is 329 g/mol. The van der Waals surface area contributed by atoms with Crippen molar-refractivity contribution in [2.75, 3.05) is 5.75 Å². The maximum atomic E-state index is 12.4. The van der Waals surface area contributed by atoms with E-state index >= 15 is 0 Å². The summed E-state index contributed by atoms with van der Waals surface area (Å²) >= 11 is 1.68. The average molecular weight is 329 g/mol. The summed E-state index contributed by atoms with van der Waals surface area (Å²) < 4.78 is 5.62. The Hall–Kier alpha value is -1.94. The summed E-state index contributed by atoms with van der Waals surface area (Å²) in [7, 11) is 0. The van der Waals surface area contributed by atoms with Crippen LogP contribution in [0.2, 0.25) is 0 Å². The van der Waals surface area contributed by atoms with Crippen LogP contribution in [0, 0.1) is 0 Å². The molecule has 0 aromatic heterocycles. The molecule has 2 aromatic carbocycles. The van der Waals surface area contributed by atoms with E-state index in [2.05, 4.69) is 12.2 Å². The summed E-state index contributed by atoms with van der Waals surface area (Å²) in [5.41, 5.74) is 1.79. The van der Waals surface area contributed by atoms with Crippen LogP contribution in [0.3, 0.4) is 0 Å². The standard InChI is InChI=1S/C19H23NO2S/c1-4-23-18-8-6-5-7-17(18)19(21)20-13-15-9-11-16(12-10-15)22-14(2)3/h5-12,14H,4,13H2,1-3H3,(H,20,21). The summed E-state index contributed by atoms with van der Waals surface area (Å²) in [5.74, 6) is 1.76. The highest BCUT2D eigenvalue weighted by Gasteiger charge is 2.10. The second kappa shape index (κ2) is 8.63. The van der Waals surface area contributed by atoms with Gasteiger partial charge in [-0.15, -0.1) is 11.8 Å². The molecule has 0 atom stereocenters. The van der Waals surface area contributed by atoms with Gasteiger partial charge in [-0.1, -0.05) is 31.2 Å². The normalized spacial score (nSPS) is 10.6. The minimum Gasteiger partial charge on any atom is -0.491 e. The largest absolute Gasteiger partial charge is 0.491 e. The first-order chi connectivity index (χ1) is 11.1. The molecule has 0 heterocycles. The summed E-state index contributed by atoms with van der Waals surface area (Å²) in [4.78, 5) is 13.4. The number of carbonyl (C=O) groups is 1. The number of thioether (sulfide) groups is 1. The van der Waals surface area contributed by atoms with Gasteiger partial charge in [-0.3, -0.25) is 4.79 Å². The molecule has 2 aromatic rings. The van der Waals surface area contributed by atoms with Crippen LogP contribution in [0.5, 0.6) is 5.75 Å². The first-order valence-electron chi connectivity index (χ1n) is 7.85. The third-order valence-corrected chi connectivity index (χ3v) is 4.14. The summed E-state index contributed by atoms with van der Waals surface area (Å²) in [6, 6.07) is 15.5. The van der Waals surface area contributed by atoms with E-state index in [1.807, 2.05) is 62.4 Å². The second-order valence-electron chi connectivity index (χ2n) is 5.42. The molecule has 3 nitrogen and oxygen atoms in total. The Kier molecular flexibility index (Phi) is 6.53. The molecule has 23 heavy (non-hydrogen) atoms. The number of carbonyl (C=O) groups excluding carboxylic acids is 1. The molecule has 0 bridgehead atoms. The van der Waals surface area contributed by atoms with Gasteiger partial charge in [0, 0.05) is 11.4 Å². The maximum Gasteiger partial charge on any atom is 0.252 e. The van der Waals surface area contributed by atoms with E-state index in [4.69, 9.17) is 4.74 Å².